The molecule has 0 amide bonds. The molecule has 1 fully saturated rings. The highest BCUT2D eigenvalue weighted by molar-refractivity contribution is 6.35. The molecule has 3 N–H and O–H groups in total. The second-order valence-electron chi connectivity index (χ2n) is 10.2. The highest BCUT2D eigenvalue weighted by atomic mass is 35.5. The summed E-state index contributed by atoms with van der Waals surface area (Å²) in [5.41, 5.74) is 9.79. The van der Waals surface area contributed by atoms with Crippen LogP contribution in [0.1, 0.15) is 30.7 Å². The van der Waals surface area contributed by atoms with E-state index in [0.717, 1.165) is 23.0 Å². The lowest BCUT2D eigenvalue weighted by atomic mass is 9.94. The van der Waals surface area contributed by atoms with Gasteiger partial charge in [0.2, 0.25) is 0 Å². The first kappa shape index (κ1) is 26.5. The molecule has 1 aliphatic rings. The number of nitrogens with two attached hydrogens (primary N) is 1. The van der Waals surface area contributed by atoms with Crippen molar-refractivity contribution in [1.82, 2.24) is 29.9 Å². The molecule has 2 atom stereocenters. The molecule has 0 aliphatic carbocycles. The van der Waals surface area contributed by atoms with E-state index in [9.17, 15) is 0 Å². The van der Waals surface area contributed by atoms with Gasteiger partial charge in [0.05, 0.1) is 15.6 Å². The van der Waals surface area contributed by atoms with Crippen LogP contribution in [0, 0.1) is 5.82 Å². The Morgan fingerprint density at radius 1 is 1.18 bits per heavy atom. The van der Waals surface area contributed by atoms with Gasteiger partial charge in [0.1, 0.15) is 17.5 Å². The average Bonchev–Trinajstić information content (AvgIpc) is 3.62. The van der Waals surface area contributed by atoms with Gasteiger partial charge in [-0.3, -0.25) is 14.8 Å². The normalized spacial score (nSPS) is 18.0. The van der Waals surface area contributed by atoms with E-state index in [4.69, 9.17) is 33.7 Å². The molecule has 206 valence electrons. The van der Waals surface area contributed by atoms with Crippen LogP contribution in [0.5, 0.6) is 5.75 Å². The van der Waals surface area contributed by atoms with Crippen LogP contribution in [-0.4, -0.2) is 48.6 Å². The predicted molar refractivity (Wildman–Crippen MR) is 153 cm³/mol. The van der Waals surface area contributed by atoms with Crippen molar-refractivity contribution in [3.05, 3.63) is 82.2 Å². The summed E-state index contributed by atoms with van der Waals surface area (Å²) in [6.07, 6.45) is 7.40. The van der Waals surface area contributed by atoms with Crippen LogP contribution in [0.25, 0.3) is 22.2 Å². The fourth-order valence-corrected chi connectivity index (χ4v) is 5.98. The second-order valence-corrected chi connectivity index (χ2v) is 11.1. The molecule has 40 heavy (non-hydrogen) atoms. The largest absolute Gasteiger partial charge is 0.486 e. The quantitative estimate of drug-likeness (QED) is 0.262. The summed E-state index contributed by atoms with van der Waals surface area (Å²) in [6.45, 7) is 2.97. The molecule has 5 heterocycles. The summed E-state index contributed by atoms with van der Waals surface area (Å²) in [6, 6.07) is 8.95. The zero-order valence-electron chi connectivity index (χ0n) is 21.9. The lowest BCUT2D eigenvalue weighted by molar-refractivity contribution is 0.227. The predicted octanol–water partition coefficient (Wildman–Crippen LogP) is 5.49. The maximum absolute atomic E-state index is 15.5. The standard InChI is InChI=1S/C28H27Cl2FN8O/c1-16(25-21(29)13-33-14-22(25)30)40-19-3-4-24-20(10-19)26(37-36-24)17-9-23(31)27(34-12-17)39-8-6-28(32,15-39)11-18-5-7-35-38(18)2/h3-5,7,9-10,12-14,16H,6,8,11,15,32H2,1-2H3,(H,36,37)/t16-,28+/m1/s1. The van der Waals surface area contributed by atoms with Crippen molar-refractivity contribution < 1.29 is 9.13 Å². The number of H-pyrrole nitrogens is 1. The number of nitrogens with one attached hydrogen (secondary N) is 1. The molecule has 0 unspecified atom stereocenters. The Kier molecular flexibility index (Phi) is 6.85. The van der Waals surface area contributed by atoms with Gasteiger partial charge in [0.15, 0.2) is 11.6 Å². The fraction of sp³-hybridized carbons (Fsp3) is 0.286. The van der Waals surface area contributed by atoms with Crippen molar-refractivity contribution in [3.63, 3.8) is 0 Å². The van der Waals surface area contributed by atoms with E-state index in [1.165, 1.54) is 18.5 Å². The lowest BCUT2D eigenvalue weighted by Gasteiger charge is -2.25. The van der Waals surface area contributed by atoms with Crippen LogP contribution in [0.4, 0.5) is 10.2 Å². The third-order valence-electron chi connectivity index (χ3n) is 7.38. The van der Waals surface area contributed by atoms with E-state index in [2.05, 4.69) is 25.3 Å². The number of aromatic nitrogens is 6. The maximum atomic E-state index is 15.5. The number of hydrogen-bond donors (Lipinski definition) is 2. The summed E-state index contributed by atoms with van der Waals surface area (Å²) in [4.78, 5) is 10.4. The van der Waals surface area contributed by atoms with Gasteiger partial charge in [0, 0.05) is 79.1 Å². The molecular weight excluding hydrogens is 554 g/mol. The number of benzene rings is 1. The molecule has 0 radical (unpaired) electrons. The Morgan fingerprint density at radius 3 is 2.70 bits per heavy atom. The number of hydrogen-bond acceptors (Lipinski definition) is 7. The number of ether oxygens (including phenoxy) is 1. The first-order chi connectivity index (χ1) is 19.2. The number of rotatable bonds is 7. The van der Waals surface area contributed by atoms with Gasteiger partial charge in [0.25, 0.3) is 0 Å². The number of nitrogens with zero attached hydrogens (tertiary/aromatic N) is 6. The van der Waals surface area contributed by atoms with Crippen molar-refractivity contribution in [2.75, 3.05) is 18.0 Å². The molecule has 12 heteroatoms. The van der Waals surface area contributed by atoms with Crippen molar-refractivity contribution in [2.45, 2.75) is 31.4 Å². The molecule has 1 aliphatic heterocycles. The molecule has 0 spiro atoms. The van der Waals surface area contributed by atoms with Gasteiger partial charge in [-0.1, -0.05) is 23.2 Å². The summed E-state index contributed by atoms with van der Waals surface area (Å²) in [5, 5.41) is 13.3. The maximum Gasteiger partial charge on any atom is 0.166 e. The van der Waals surface area contributed by atoms with Gasteiger partial charge in [-0.05, 0) is 43.7 Å². The average molecular weight is 581 g/mol. The van der Waals surface area contributed by atoms with E-state index >= 15 is 4.39 Å². The zero-order chi connectivity index (χ0) is 28.0. The van der Waals surface area contributed by atoms with Gasteiger partial charge in [-0.2, -0.15) is 10.2 Å². The van der Waals surface area contributed by atoms with Gasteiger partial charge in [-0.15, -0.1) is 0 Å². The van der Waals surface area contributed by atoms with Crippen LogP contribution in [-0.2, 0) is 13.5 Å². The number of aromatic amines is 1. The second kappa shape index (κ2) is 10.3. The number of anilines is 1. The SMILES string of the molecule is C[C@@H](Oc1ccc2[nH]nc(-c3cnc(N4CC[C@](N)(Cc5ccnn5C)C4)c(F)c3)c2c1)c1c(Cl)cncc1Cl. The first-order valence-electron chi connectivity index (χ1n) is 12.8. The Labute approximate surface area is 240 Å². The van der Waals surface area contributed by atoms with Gasteiger partial charge >= 0.3 is 0 Å². The third-order valence-corrected chi connectivity index (χ3v) is 7.98. The zero-order valence-corrected chi connectivity index (χ0v) is 23.4. The van der Waals surface area contributed by atoms with Crippen LogP contribution < -0.4 is 15.4 Å². The minimum Gasteiger partial charge on any atom is -0.486 e. The Hall–Kier alpha value is -3.73. The number of halogens is 3. The molecule has 0 saturated carbocycles. The Balaban J connectivity index is 1.23. The molecule has 4 aromatic heterocycles. The minimum atomic E-state index is -0.489. The fourth-order valence-electron chi connectivity index (χ4n) is 5.31. The number of fused-ring (bicyclic) bond motifs is 1. The Bertz CT molecular complexity index is 1680. The number of pyridine rings is 2. The smallest absolute Gasteiger partial charge is 0.166 e. The van der Waals surface area contributed by atoms with Gasteiger partial charge in [-0.25, -0.2) is 9.37 Å². The van der Waals surface area contributed by atoms with Gasteiger partial charge < -0.3 is 15.4 Å². The highest BCUT2D eigenvalue weighted by Crippen LogP contribution is 2.36. The van der Waals surface area contributed by atoms with Crippen LogP contribution in [0.3, 0.4) is 0 Å². The molecular formula is C28H27Cl2FN8O. The van der Waals surface area contributed by atoms with Crippen molar-refractivity contribution >= 4 is 39.9 Å². The van der Waals surface area contributed by atoms with E-state index < -0.39 is 17.5 Å². The minimum absolute atomic E-state index is 0.282. The summed E-state index contributed by atoms with van der Waals surface area (Å²) in [7, 11) is 1.89. The van der Waals surface area contributed by atoms with E-state index in [1.807, 2.05) is 47.8 Å². The molecule has 1 aromatic carbocycles. The van der Waals surface area contributed by atoms with Crippen LogP contribution in [0.2, 0.25) is 10.0 Å². The summed E-state index contributed by atoms with van der Waals surface area (Å²) < 4.78 is 23.4. The van der Waals surface area contributed by atoms with Crippen LogP contribution >= 0.6 is 23.2 Å². The molecule has 6 rings (SSSR count). The number of aryl methyl sites for hydroxylation is 1. The topological polar surface area (TPSA) is 111 Å². The van der Waals surface area contributed by atoms with Crippen molar-refractivity contribution in [3.8, 4) is 17.0 Å². The summed E-state index contributed by atoms with van der Waals surface area (Å²) >= 11 is 12.6. The molecule has 0 bridgehead atoms. The lowest BCUT2D eigenvalue weighted by Crippen LogP contribution is -2.45. The van der Waals surface area contributed by atoms with Crippen molar-refractivity contribution in [2.24, 2.45) is 12.8 Å². The highest BCUT2D eigenvalue weighted by Gasteiger charge is 2.37. The molecule has 9 nitrogen and oxygen atoms in total. The first-order valence-corrected chi connectivity index (χ1v) is 13.6. The van der Waals surface area contributed by atoms with Crippen LogP contribution in [0.15, 0.2) is 55.1 Å². The molecule has 5 aromatic rings. The monoisotopic (exact) mass is 580 g/mol. The molecule has 1 saturated heterocycles. The van der Waals surface area contributed by atoms with E-state index in [0.29, 0.717) is 52.1 Å². The van der Waals surface area contributed by atoms with Crippen molar-refractivity contribution in [1.29, 1.82) is 0 Å². The Morgan fingerprint density at radius 2 is 1.98 bits per heavy atom. The summed E-state index contributed by atoms with van der Waals surface area (Å²) in [5.74, 6) is 0.438. The van der Waals surface area contributed by atoms with E-state index in [1.54, 1.807) is 12.4 Å². The van der Waals surface area contributed by atoms with E-state index in [-0.39, 0.29) is 5.82 Å². The third kappa shape index (κ3) is 4.98.